The van der Waals surface area contributed by atoms with Crippen molar-refractivity contribution in [2.45, 2.75) is 50.6 Å². The number of sulfonamides is 1. The highest BCUT2D eigenvalue weighted by Gasteiger charge is 2.29. The van der Waals surface area contributed by atoms with Crippen LogP contribution in [0, 0.1) is 5.92 Å². The summed E-state index contributed by atoms with van der Waals surface area (Å²) in [6.45, 7) is 4.94. The number of carbonyl (C=O) groups excluding carboxylic acids is 2. The third-order valence-electron chi connectivity index (χ3n) is 4.61. The van der Waals surface area contributed by atoms with E-state index < -0.39 is 28.5 Å². The predicted molar refractivity (Wildman–Crippen MR) is 102 cm³/mol. The molecular formula is C18H25ClN2O5S. The van der Waals surface area contributed by atoms with E-state index in [4.69, 9.17) is 16.3 Å². The zero-order valence-corrected chi connectivity index (χ0v) is 17.4. The van der Waals surface area contributed by atoms with Gasteiger partial charge >= 0.3 is 5.97 Å². The Hall–Kier alpha value is -1.64. The Morgan fingerprint density at radius 2 is 1.93 bits per heavy atom. The summed E-state index contributed by atoms with van der Waals surface area (Å²) in [6.07, 6.45) is 2.17. The highest BCUT2D eigenvalue weighted by molar-refractivity contribution is 7.89. The second kappa shape index (κ2) is 8.58. The number of hydrogen-bond acceptors (Lipinski definition) is 5. The maximum Gasteiger partial charge on any atom is 0.340 e. The fourth-order valence-corrected chi connectivity index (χ4v) is 4.07. The standard InChI is InChI=1S/C18H25ClN2O5S/c1-11(2)21(4)27(24,25)14-7-8-16(19)15(9-14)18(23)26-10-17(22)20-12(3)13-5-6-13/h7-9,11-13H,5-6,10H2,1-4H3,(H,20,22)/t12-/m1/s1. The van der Waals surface area contributed by atoms with Gasteiger partial charge in [0.25, 0.3) is 5.91 Å². The average Bonchev–Trinajstić information content (AvgIpc) is 3.44. The highest BCUT2D eigenvalue weighted by Crippen LogP contribution is 2.32. The fraction of sp³-hybridized carbons (Fsp3) is 0.556. The number of hydrogen-bond donors (Lipinski definition) is 1. The van der Waals surface area contributed by atoms with E-state index in [0.29, 0.717) is 5.92 Å². The van der Waals surface area contributed by atoms with Gasteiger partial charge in [-0.3, -0.25) is 4.79 Å². The lowest BCUT2D eigenvalue weighted by Gasteiger charge is -2.21. The molecule has 1 aromatic rings. The lowest BCUT2D eigenvalue weighted by molar-refractivity contribution is -0.124. The van der Waals surface area contributed by atoms with E-state index in [1.165, 1.54) is 29.6 Å². The van der Waals surface area contributed by atoms with E-state index in [-0.39, 0.29) is 27.6 Å². The van der Waals surface area contributed by atoms with Gasteiger partial charge in [0.2, 0.25) is 10.0 Å². The number of esters is 1. The molecule has 1 aromatic carbocycles. The molecular weight excluding hydrogens is 392 g/mol. The quantitative estimate of drug-likeness (QED) is 0.657. The smallest absolute Gasteiger partial charge is 0.340 e. The molecule has 1 amide bonds. The topological polar surface area (TPSA) is 92.8 Å². The molecule has 1 N–H and O–H groups in total. The van der Waals surface area contributed by atoms with Gasteiger partial charge in [0.1, 0.15) is 0 Å². The van der Waals surface area contributed by atoms with Crippen molar-refractivity contribution >= 4 is 33.5 Å². The number of benzene rings is 1. The molecule has 0 heterocycles. The summed E-state index contributed by atoms with van der Waals surface area (Å²) in [5.74, 6) is -0.764. The Balaban J connectivity index is 2.08. The second-order valence-electron chi connectivity index (χ2n) is 7.03. The minimum atomic E-state index is -3.77. The molecule has 9 heteroatoms. The Bertz CT molecular complexity index is 821. The normalized spacial score (nSPS) is 15.7. The molecule has 1 saturated carbocycles. The van der Waals surface area contributed by atoms with Gasteiger partial charge in [-0.2, -0.15) is 4.31 Å². The number of nitrogens with one attached hydrogen (secondary N) is 1. The number of halogens is 1. The Morgan fingerprint density at radius 1 is 1.30 bits per heavy atom. The molecule has 0 spiro atoms. The zero-order valence-electron chi connectivity index (χ0n) is 15.9. The summed E-state index contributed by atoms with van der Waals surface area (Å²) in [7, 11) is -2.32. The van der Waals surface area contributed by atoms with Crippen molar-refractivity contribution < 1.29 is 22.7 Å². The SMILES string of the molecule is CC(C)N(C)S(=O)(=O)c1ccc(Cl)c(C(=O)OCC(=O)N[C@H](C)C2CC2)c1. The number of rotatable bonds is 8. The third-order valence-corrected chi connectivity index (χ3v) is 6.97. The van der Waals surface area contributed by atoms with Crippen molar-refractivity contribution in [3.63, 3.8) is 0 Å². The molecule has 0 aromatic heterocycles. The molecule has 1 fully saturated rings. The molecule has 0 unspecified atom stereocenters. The minimum Gasteiger partial charge on any atom is -0.452 e. The first kappa shape index (κ1) is 21.7. The van der Waals surface area contributed by atoms with Crippen LogP contribution in [0.5, 0.6) is 0 Å². The molecule has 1 aliphatic rings. The Kier molecular flexibility index (Phi) is 6.88. The lowest BCUT2D eigenvalue weighted by Crippen LogP contribution is -2.37. The van der Waals surface area contributed by atoms with Crippen molar-refractivity contribution in [2.24, 2.45) is 5.92 Å². The first-order valence-corrected chi connectivity index (χ1v) is 10.6. The zero-order chi connectivity index (χ0) is 20.4. The molecule has 0 bridgehead atoms. The molecule has 1 aliphatic carbocycles. The van der Waals surface area contributed by atoms with Gasteiger partial charge in [0.05, 0.1) is 15.5 Å². The van der Waals surface area contributed by atoms with Crippen molar-refractivity contribution in [2.75, 3.05) is 13.7 Å². The number of nitrogens with zero attached hydrogens (tertiary/aromatic N) is 1. The summed E-state index contributed by atoms with van der Waals surface area (Å²) in [4.78, 5) is 24.1. The molecule has 150 valence electrons. The number of amides is 1. The van der Waals surface area contributed by atoms with Gasteiger partial charge < -0.3 is 10.1 Å². The van der Waals surface area contributed by atoms with Crippen LogP contribution in [0.2, 0.25) is 5.02 Å². The largest absolute Gasteiger partial charge is 0.452 e. The van der Waals surface area contributed by atoms with Crippen LogP contribution in [0.1, 0.15) is 44.0 Å². The van der Waals surface area contributed by atoms with E-state index in [2.05, 4.69) is 5.32 Å². The van der Waals surface area contributed by atoms with Crippen LogP contribution >= 0.6 is 11.6 Å². The molecule has 27 heavy (non-hydrogen) atoms. The summed E-state index contributed by atoms with van der Waals surface area (Å²) in [6, 6.07) is 3.62. The molecule has 0 radical (unpaired) electrons. The average molecular weight is 417 g/mol. The number of carbonyl (C=O) groups is 2. The first-order chi connectivity index (χ1) is 12.5. The summed E-state index contributed by atoms with van der Waals surface area (Å²) in [5, 5.41) is 2.83. The maximum atomic E-state index is 12.6. The van der Waals surface area contributed by atoms with Gasteiger partial charge in [-0.15, -0.1) is 0 Å². The third kappa shape index (κ3) is 5.43. The van der Waals surface area contributed by atoms with Crippen molar-refractivity contribution in [3.05, 3.63) is 28.8 Å². The van der Waals surface area contributed by atoms with Crippen LogP contribution in [-0.2, 0) is 19.6 Å². The van der Waals surface area contributed by atoms with E-state index in [0.717, 1.165) is 12.8 Å². The molecule has 0 aliphatic heterocycles. The molecule has 7 nitrogen and oxygen atoms in total. The van der Waals surface area contributed by atoms with Crippen LogP contribution in [0.4, 0.5) is 0 Å². The molecule has 2 rings (SSSR count). The van der Waals surface area contributed by atoms with Gasteiger partial charge in [0.15, 0.2) is 6.61 Å². The van der Waals surface area contributed by atoms with Gasteiger partial charge in [-0.05, 0) is 57.7 Å². The van der Waals surface area contributed by atoms with Crippen LogP contribution in [0.15, 0.2) is 23.1 Å². The van der Waals surface area contributed by atoms with E-state index in [1.54, 1.807) is 13.8 Å². The summed E-state index contributed by atoms with van der Waals surface area (Å²) in [5.41, 5.74) is -0.0991. The summed E-state index contributed by atoms with van der Waals surface area (Å²) < 4.78 is 31.4. The Labute approximate surface area is 165 Å². The monoisotopic (exact) mass is 416 g/mol. The van der Waals surface area contributed by atoms with E-state index in [1.807, 2.05) is 6.92 Å². The summed E-state index contributed by atoms with van der Waals surface area (Å²) >= 11 is 6.02. The van der Waals surface area contributed by atoms with Crippen molar-refractivity contribution in [1.82, 2.24) is 9.62 Å². The fourth-order valence-electron chi connectivity index (χ4n) is 2.48. The Morgan fingerprint density at radius 3 is 2.48 bits per heavy atom. The van der Waals surface area contributed by atoms with Gasteiger partial charge in [0, 0.05) is 19.1 Å². The van der Waals surface area contributed by atoms with Gasteiger partial charge in [-0.1, -0.05) is 11.6 Å². The first-order valence-electron chi connectivity index (χ1n) is 8.78. The highest BCUT2D eigenvalue weighted by atomic mass is 35.5. The van der Waals surface area contributed by atoms with Crippen molar-refractivity contribution in [3.8, 4) is 0 Å². The lowest BCUT2D eigenvalue weighted by atomic mass is 10.2. The van der Waals surface area contributed by atoms with Gasteiger partial charge in [-0.25, -0.2) is 13.2 Å². The van der Waals surface area contributed by atoms with E-state index in [9.17, 15) is 18.0 Å². The van der Waals surface area contributed by atoms with Crippen molar-refractivity contribution in [1.29, 1.82) is 0 Å². The van der Waals surface area contributed by atoms with Crippen LogP contribution < -0.4 is 5.32 Å². The van der Waals surface area contributed by atoms with E-state index >= 15 is 0 Å². The second-order valence-corrected chi connectivity index (χ2v) is 9.43. The van der Waals surface area contributed by atoms with Crippen LogP contribution in [0.3, 0.4) is 0 Å². The minimum absolute atomic E-state index is 0.0415. The van der Waals surface area contributed by atoms with Crippen LogP contribution in [0.25, 0.3) is 0 Å². The number of ether oxygens (including phenoxy) is 1. The molecule has 0 saturated heterocycles. The maximum absolute atomic E-state index is 12.6. The van der Waals surface area contributed by atoms with Crippen LogP contribution in [-0.4, -0.2) is 50.3 Å². The predicted octanol–water partition coefficient (Wildman–Crippen LogP) is 2.44. The molecule has 1 atom stereocenters.